The second kappa shape index (κ2) is 2.79. The van der Waals surface area contributed by atoms with Gasteiger partial charge in [-0.3, -0.25) is 4.79 Å². The molecule has 4 heteroatoms. The first kappa shape index (κ1) is 7.21. The number of rotatable bonds is 2. The highest BCUT2D eigenvalue weighted by molar-refractivity contribution is 7.06. The molecule has 0 unspecified atom stereocenters. The lowest BCUT2D eigenvalue weighted by molar-refractivity contribution is -0.136. The van der Waals surface area contributed by atoms with Crippen LogP contribution in [0.1, 0.15) is 10.4 Å². The molecular formula is C6H7NO2S. The normalized spacial score (nSPS) is 9.70. The number of aromatic nitrogens is 1. The lowest BCUT2D eigenvalue weighted by Gasteiger charge is -1.89. The minimum atomic E-state index is -0.799. The molecule has 0 aromatic carbocycles. The molecule has 0 radical (unpaired) electrons. The minimum absolute atomic E-state index is 0.0938. The Bertz CT molecular complexity index is 244. The Labute approximate surface area is 62.5 Å². The second-order valence-electron chi connectivity index (χ2n) is 2.00. The lowest BCUT2D eigenvalue weighted by atomic mass is 10.2. The van der Waals surface area contributed by atoms with Gasteiger partial charge in [-0.25, -0.2) is 4.37 Å². The molecule has 0 aliphatic heterocycles. The van der Waals surface area contributed by atoms with E-state index in [1.54, 1.807) is 6.20 Å². The van der Waals surface area contributed by atoms with Gasteiger partial charge < -0.3 is 5.11 Å². The summed E-state index contributed by atoms with van der Waals surface area (Å²) < 4.78 is 3.85. The van der Waals surface area contributed by atoms with Crippen molar-refractivity contribution >= 4 is 17.5 Å². The zero-order valence-electron chi connectivity index (χ0n) is 5.50. The van der Waals surface area contributed by atoms with Crippen molar-refractivity contribution in [2.75, 3.05) is 0 Å². The van der Waals surface area contributed by atoms with Crippen LogP contribution in [0.15, 0.2) is 6.20 Å². The summed E-state index contributed by atoms with van der Waals surface area (Å²) in [6, 6.07) is 0. The van der Waals surface area contributed by atoms with Crippen LogP contribution < -0.4 is 0 Å². The number of carboxylic acid groups (broad SMARTS) is 1. The largest absolute Gasteiger partial charge is 0.481 e. The topological polar surface area (TPSA) is 50.2 Å². The van der Waals surface area contributed by atoms with E-state index in [0.717, 1.165) is 10.4 Å². The molecule has 0 spiro atoms. The van der Waals surface area contributed by atoms with E-state index in [1.165, 1.54) is 11.5 Å². The van der Waals surface area contributed by atoms with E-state index in [-0.39, 0.29) is 6.42 Å². The number of aliphatic carboxylic acids is 1. The van der Waals surface area contributed by atoms with E-state index >= 15 is 0 Å². The maximum atomic E-state index is 10.2. The third-order valence-electron chi connectivity index (χ3n) is 1.16. The van der Waals surface area contributed by atoms with Gasteiger partial charge in [0.1, 0.15) is 0 Å². The molecule has 0 saturated heterocycles. The quantitative estimate of drug-likeness (QED) is 0.698. The molecule has 0 atom stereocenters. The molecule has 1 N–H and O–H groups in total. The molecular weight excluding hydrogens is 150 g/mol. The van der Waals surface area contributed by atoms with Gasteiger partial charge in [-0.15, -0.1) is 0 Å². The number of hydrogen-bond acceptors (Lipinski definition) is 3. The lowest BCUT2D eigenvalue weighted by Crippen LogP contribution is -1.98. The fraction of sp³-hybridized carbons (Fsp3) is 0.333. The van der Waals surface area contributed by atoms with Gasteiger partial charge in [0.05, 0.1) is 6.42 Å². The van der Waals surface area contributed by atoms with Gasteiger partial charge in [0.15, 0.2) is 0 Å². The van der Waals surface area contributed by atoms with Crippen LogP contribution in [0.3, 0.4) is 0 Å². The smallest absolute Gasteiger partial charge is 0.308 e. The Balaban J connectivity index is 2.74. The van der Waals surface area contributed by atoms with Gasteiger partial charge in [-0.1, -0.05) is 0 Å². The number of carbonyl (C=O) groups is 1. The first-order chi connectivity index (χ1) is 4.70. The number of carboxylic acids is 1. The first-order valence-corrected chi connectivity index (χ1v) is 3.59. The summed E-state index contributed by atoms with van der Waals surface area (Å²) in [5, 5.41) is 8.39. The average molecular weight is 157 g/mol. The fourth-order valence-corrected chi connectivity index (χ4v) is 1.34. The van der Waals surface area contributed by atoms with Crippen molar-refractivity contribution in [2.24, 2.45) is 0 Å². The first-order valence-electron chi connectivity index (χ1n) is 2.82. The summed E-state index contributed by atoms with van der Waals surface area (Å²) in [6.45, 7) is 1.86. The van der Waals surface area contributed by atoms with E-state index in [4.69, 9.17) is 5.11 Å². The standard InChI is InChI=1S/C6H7NO2S/c1-4-3-7-10-5(4)2-6(8)9/h3H,2H2,1H3,(H,8,9). The maximum absolute atomic E-state index is 10.2. The highest BCUT2D eigenvalue weighted by Crippen LogP contribution is 2.11. The van der Waals surface area contributed by atoms with E-state index in [0.29, 0.717) is 0 Å². The van der Waals surface area contributed by atoms with Crippen LogP contribution in [0, 0.1) is 6.92 Å². The van der Waals surface area contributed by atoms with Gasteiger partial charge in [0.2, 0.25) is 0 Å². The number of aryl methyl sites for hydroxylation is 1. The molecule has 1 heterocycles. The SMILES string of the molecule is Cc1cnsc1CC(=O)O. The third kappa shape index (κ3) is 1.54. The molecule has 0 aliphatic carbocycles. The van der Waals surface area contributed by atoms with Crippen LogP contribution in [0.2, 0.25) is 0 Å². The van der Waals surface area contributed by atoms with Crippen LogP contribution in [0.5, 0.6) is 0 Å². The van der Waals surface area contributed by atoms with Gasteiger partial charge in [-0.05, 0) is 24.0 Å². The average Bonchev–Trinajstić information content (AvgIpc) is 2.15. The second-order valence-corrected chi connectivity index (χ2v) is 2.89. The van der Waals surface area contributed by atoms with Gasteiger partial charge in [-0.2, -0.15) is 0 Å². The molecule has 3 nitrogen and oxygen atoms in total. The zero-order valence-corrected chi connectivity index (χ0v) is 6.31. The Hall–Kier alpha value is -0.900. The van der Waals surface area contributed by atoms with Gasteiger partial charge in [0, 0.05) is 11.1 Å². The summed E-state index contributed by atoms with van der Waals surface area (Å²) in [6.07, 6.45) is 1.78. The molecule has 0 bridgehead atoms. The van der Waals surface area contributed by atoms with Crippen molar-refractivity contribution < 1.29 is 9.90 Å². The molecule has 1 rings (SSSR count). The highest BCUT2D eigenvalue weighted by atomic mass is 32.1. The molecule has 10 heavy (non-hydrogen) atoms. The molecule has 0 fully saturated rings. The highest BCUT2D eigenvalue weighted by Gasteiger charge is 2.04. The Morgan fingerprint density at radius 1 is 1.90 bits per heavy atom. The maximum Gasteiger partial charge on any atom is 0.308 e. The van der Waals surface area contributed by atoms with Crippen molar-refractivity contribution in [3.05, 3.63) is 16.6 Å². The van der Waals surface area contributed by atoms with E-state index < -0.39 is 5.97 Å². The summed E-state index contributed by atoms with van der Waals surface area (Å²) in [4.78, 5) is 11.0. The molecule has 1 aromatic rings. The molecule has 0 saturated carbocycles. The van der Waals surface area contributed by atoms with Crippen molar-refractivity contribution in [3.8, 4) is 0 Å². The van der Waals surface area contributed by atoms with E-state index in [1.807, 2.05) is 6.92 Å². The van der Waals surface area contributed by atoms with Crippen LogP contribution in [0.4, 0.5) is 0 Å². The minimum Gasteiger partial charge on any atom is -0.481 e. The van der Waals surface area contributed by atoms with Crippen molar-refractivity contribution in [1.82, 2.24) is 4.37 Å². The molecule has 0 amide bonds. The van der Waals surface area contributed by atoms with Crippen LogP contribution in [-0.4, -0.2) is 15.4 Å². The number of hydrogen-bond donors (Lipinski definition) is 1. The molecule has 0 aliphatic rings. The monoisotopic (exact) mass is 157 g/mol. The van der Waals surface area contributed by atoms with Crippen LogP contribution in [0.25, 0.3) is 0 Å². The summed E-state index contributed by atoms with van der Waals surface area (Å²) in [5.74, 6) is -0.799. The molecule has 1 aromatic heterocycles. The summed E-state index contributed by atoms with van der Waals surface area (Å²) in [5.41, 5.74) is 0.965. The van der Waals surface area contributed by atoms with E-state index in [9.17, 15) is 4.79 Å². The predicted molar refractivity (Wildman–Crippen MR) is 38.2 cm³/mol. The Kier molecular flexibility index (Phi) is 2.01. The van der Waals surface area contributed by atoms with Gasteiger partial charge in [0.25, 0.3) is 0 Å². The van der Waals surface area contributed by atoms with Crippen molar-refractivity contribution in [1.29, 1.82) is 0 Å². The molecule has 54 valence electrons. The van der Waals surface area contributed by atoms with Crippen LogP contribution in [-0.2, 0) is 11.2 Å². The number of nitrogens with zero attached hydrogens (tertiary/aromatic N) is 1. The Morgan fingerprint density at radius 3 is 3.00 bits per heavy atom. The predicted octanol–water partition coefficient (Wildman–Crippen LogP) is 1.08. The Morgan fingerprint density at radius 2 is 2.60 bits per heavy atom. The summed E-state index contributed by atoms with van der Waals surface area (Å²) >= 11 is 1.25. The third-order valence-corrected chi connectivity index (χ3v) is 2.06. The van der Waals surface area contributed by atoms with Crippen LogP contribution >= 0.6 is 11.5 Å². The fourth-order valence-electron chi connectivity index (χ4n) is 0.622. The van der Waals surface area contributed by atoms with E-state index in [2.05, 4.69) is 4.37 Å². The zero-order chi connectivity index (χ0) is 7.56. The summed E-state index contributed by atoms with van der Waals surface area (Å²) in [7, 11) is 0. The van der Waals surface area contributed by atoms with Gasteiger partial charge >= 0.3 is 5.97 Å². The van der Waals surface area contributed by atoms with Crippen molar-refractivity contribution in [3.63, 3.8) is 0 Å². The van der Waals surface area contributed by atoms with Crippen molar-refractivity contribution in [2.45, 2.75) is 13.3 Å².